The molecule has 0 saturated carbocycles. The van der Waals surface area contributed by atoms with Crippen LogP contribution in [0.5, 0.6) is 0 Å². The van der Waals surface area contributed by atoms with Crippen LogP contribution >= 0.6 is 0 Å². The molecule has 0 bridgehead atoms. The number of allylic oxidation sites excluding steroid dienone is 4. The monoisotopic (exact) mass is 350 g/mol. The number of likely N-dealkylation sites (N-methyl/N-ethyl adjacent to an activating group) is 1. The van der Waals surface area contributed by atoms with Gasteiger partial charge in [-0.3, -0.25) is 5.32 Å². The first-order valence-corrected chi connectivity index (χ1v) is 8.66. The Bertz CT molecular complexity index is 848. The number of nitrogens with one attached hydrogen (secondary N) is 2. The van der Waals surface area contributed by atoms with Crippen molar-refractivity contribution in [2.45, 2.75) is 32.4 Å². The fraction of sp³-hybridized carbons (Fsp3) is 0.300. The predicted molar refractivity (Wildman–Crippen MR) is 107 cm³/mol. The lowest BCUT2D eigenvalue weighted by Gasteiger charge is -2.46. The van der Waals surface area contributed by atoms with Crippen LogP contribution in [0.2, 0.25) is 0 Å². The fourth-order valence-corrected chi connectivity index (χ4v) is 3.64. The normalized spacial score (nSPS) is 23.0. The summed E-state index contributed by atoms with van der Waals surface area (Å²) in [6.45, 7) is 12.6. The highest BCUT2D eigenvalue weighted by molar-refractivity contribution is 5.57. The lowest BCUT2D eigenvalue weighted by molar-refractivity contribution is 0.194. The molecule has 136 valence electrons. The van der Waals surface area contributed by atoms with Gasteiger partial charge in [0.05, 0.1) is 11.4 Å². The Labute approximate surface area is 154 Å². The zero-order valence-corrected chi connectivity index (χ0v) is 15.6. The molecule has 1 atom stereocenters. The maximum absolute atomic E-state index is 5.77. The lowest BCUT2D eigenvalue weighted by atomic mass is 9.98. The third-order valence-corrected chi connectivity index (χ3v) is 4.95. The van der Waals surface area contributed by atoms with Gasteiger partial charge in [0.25, 0.3) is 0 Å². The summed E-state index contributed by atoms with van der Waals surface area (Å²) in [6, 6.07) is 1.70. The Hall–Kier alpha value is -2.86. The van der Waals surface area contributed by atoms with Crippen molar-refractivity contribution in [3.05, 3.63) is 72.0 Å². The summed E-state index contributed by atoms with van der Waals surface area (Å²) in [5.74, 6) is 1.05. The van der Waals surface area contributed by atoms with Gasteiger partial charge < -0.3 is 16.0 Å². The number of rotatable bonds is 5. The Kier molecular flexibility index (Phi) is 4.70. The van der Waals surface area contributed by atoms with Gasteiger partial charge in [0.15, 0.2) is 0 Å². The van der Waals surface area contributed by atoms with Crippen molar-refractivity contribution in [1.82, 2.24) is 20.2 Å². The van der Waals surface area contributed by atoms with E-state index >= 15 is 0 Å². The molecule has 0 radical (unpaired) electrons. The van der Waals surface area contributed by atoms with Crippen LogP contribution in [0, 0.1) is 0 Å². The minimum atomic E-state index is -0.322. The van der Waals surface area contributed by atoms with Crippen molar-refractivity contribution in [2.24, 2.45) is 0 Å². The number of nitrogen functional groups attached to an aromatic ring is 1. The lowest BCUT2D eigenvalue weighted by Crippen LogP contribution is -2.55. The molecule has 0 saturated heterocycles. The Morgan fingerprint density at radius 2 is 2.12 bits per heavy atom. The number of nitrogens with two attached hydrogens (primary N) is 1. The van der Waals surface area contributed by atoms with Gasteiger partial charge in [0.2, 0.25) is 0 Å². The van der Waals surface area contributed by atoms with E-state index in [0.29, 0.717) is 11.6 Å². The van der Waals surface area contributed by atoms with Gasteiger partial charge in [0, 0.05) is 11.8 Å². The number of nitrogens with zero attached hydrogens (tertiary/aromatic N) is 3. The largest absolute Gasteiger partial charge is 0.384 e. The van der Waals surface area contributed by atoms with E-state index in [1.165, 1.54) is 11.9 Å². The molecule has 1 unspecified atom stereocenters. The quantitative estimate of drug-likeness (QED) is 0.707. The molecule has 6 nitrogen and oxygen atoms in total. The van der Waals surface area contributed by atoms with E-state index in [2.05, 4.69) is 64.7 Å². The van der Waals surface area contributed by atoms with Crippen LogP contribution in [0.4, 0.5) is 11.6 Å². The SMILES string of the molecule is C=CC1=C(C)C=C(Nc2cc(N)ncn2)C(=C)N1C1(NC)C=C(C)CC1. The maximum Gasteiger partial charge on any atom is 0.135 e. The zero-order chi connectivity index (χ0) is 18.9. The van der Waals surface area contributed by atoms with Crippen molar-refractivity contribution < 1.29 is 0 Å². The Morgan fingerprint density at radius 3 is 2.69 bits per heavy atom. The number of anilines is 2. The van der Waals surface area contributed by atoms with Crippen LogP contribution in [-0.4, -0.2) is 27.6 Å². The molecule has 1 aromatic heterocycles. The summed E-state index contributed by atoms with van der Waals surface area (Å²) in [6.07, 6.45) is 9.67. The zero-order valence-electron chi connectivity index (χ0n) is 15.6. The molecule has 0 spiro atoms. The van der Waals surface area contributed by atoms with Crippen molar-refractivity contribution in [3.63, 3.8) is 0 Å². The molecule has 0 aromatic carbocycles. The molecule has 1 aliphatic carbocycles. The molecule has 26 heavy (non-hydrogen) atoms. The summed E-state index contributed by atoms with van der Waals surface area (Å²) in [5.41, 5.74) is 10.7. The van der Waals surface area contributed by atoms with Crippen LogP contribution < -0.4 is 16.4 Å². The van der Waals surface area contributed by atoms with Gasteiger partial charge in [-0.25, -0.2) is 9.97 Å². The second-order valence-corrected chi connectivity index (χ2v) is 6.73. The Balaban J connectivity index is 2.03. The third kappa shape index (κ3) is 3.04. The summed E-state index contributed by atoms with van der Waals surface area (Å²) >= 11 is 0. The molecule has 2 heterocycles. The molecule has 0 amide bonds. The summed E-state index contributed by atoms with van der Waals surface area (Å²) in [5, 5.41) is 6.82. The second-order valence-electron chi connectivity index (χ2n) is 6.73. The van der Waals surface area contributed by atoms with Crippen LogP contribution in [0.25, 0.3) is 0 Å². The van der Waals surface area contributed by atoms with Gasteiger partial charge in [-0.2, -0.15) is 0 Å². The van der Waals surface area contributed by atoms with Crippen LogP contribution in [-0.2, 0) is 0 Å². The van der Waals surface area contributed by atoms with Crippen LogP contribution in [0.15, 0.2) is 72.0 Å². The van der Waals surface area contributed by atoms with E-state index in [-0.39, 0.29) is 5.66 Å². The van der Waals surface area contributed by atoms with Gasteiger partial charge >= 0.3 is 0 Å². The first-order valence-electron chi connectivity index (χ1n) is 8.66. The van der Waals surface area contributed by atoms with E-state index in [0.717, 1.165) is 35.5 Å². The van der Waals surface area contributed by atoms with E-state index < -0.39 is 0 Å². The smallest absolute Gasteiger partial charge is 0.135 e. The highest BCUT2D eigenvalue weighted by Crippen LogP contribution is 2.41. The molecule has 6 heteroatoms. The molecular weight excluding hydrogens is 324 g/mol. The highest BCUT2D eigenvalue weighted by Gasteiger charge is 2.41. The van der Waals surface area contributed by atoms with Crippen molar-refractivity contribution in [3.8, 4) is 0 Å². The minimum absolute atomic E-state index is 0.322. The van der Waals surface area contributed by atoms with Gasteiger partial charge in [-0.15, -0.1) is 0 Å². The van der Waals surface area contributed by atoms with Gasteiger partial charge in [0.1, 0.15) is 23.6 Å². The summed E-state index contributed by atoms with van der Waals surface area (Å²) < 4.78 is 0. The predicted octanol–water partition coefficient (Wildman–Crippen LogP) is 3.30. The summed E-state index contributed by atoms with van der Waals surface area (Å²) in [7, 11) is 1.98. The molecule has 4 N–H and O–H groups in total. The van der Waals surface area contributed by atoms with Crippen molar-refractivity contribution in [1.29, 1.82) is 0 Å². The number of hydrogen-bond donors (Lipinski definition) is 3. The van der Waals surface area contributed by atoms with Crippen molar-refractivity contribution in [2.75, 3.05) is 18.1 Å². The average Bonchev–Trinajstić information content (AvgIpc) is 2.99. The van der Waals surface area contributed by atoms with E-state index in [1.54, 1.807) is 6.07 Å². The minimum Gasteiger partial charge on any atom is -0.384 e. The number of hydrogen-bond acceptors (Lipinski definition) is 6. The first-order chi connectivity index (χ1) is 12.4. The molecule has 1 aliphatic heterocycles. The van der Waals surface area contributed by atoms with E-state index in [9.17, 15) is 0 Å². The van der Waals surface area contributed by atoms with Gasteiger partial charge in [-0.05, 0) is 57.5 Å². The molecule has 3 rings (SSSR count). The molecular formula is C20H26N6. The van der Waals surface area contributed by atoms with Crippen LogP contribution in [0.1, 0.15) is 26.7 Å². The maximum atomic E-state index is 5.77. The topological polar surface area (TPSA) is 79.1 Å². The van der Waals surface area contributed by atoms with Crippen LogP contribution in [0.3, 0.4) is 0 Å². The molecule has 0 fully saturated rings. The molecule has 2 aliphatic rings. The second kappa shape index (κ2) is 6.80. The van der Waals surface area contributed by atoms with Gasteiger partial charge in [-0.1, -0.05) is 18.7 Å². The highest BCUT2D eigenvalue weighted by atomic mass is 15.3. The first kappa shape index (κ1) is 17.9. The fourth-order valence-electron chi connectivity index (χ4n) is 3.64. The molecule has 1 aromatic rings. The Morgan fingerprint density at radius 1 is 1.35 bits per heavy atom. The average molecular weight is 350 g/mol. The standard InChI is InChI=1S/C20H26N6/c1-6-17-14(3)9-16(25-19-10-18(21)23-12-24-19)15(4)26(17)20(22-5)8-7-13(2)11-20/h6,9-12,22H,1,4,7-8H2,2-3,5H3,(H3,21,23,24,25). The number of aromatic nitrogens is 2. The van der Waals surface area contributed by atoms with E-state index in [1.807, 2.05) is 13.1 Å². The third-order valence-electron chi connectivity index (χ3n) is 4.95. The van der Waals surface area contributed by atoms with Crippen molar-refractivity contribution >= 4 is 11.6 Å². The van der Waals surface area contributed by atoms with E-state index in [4.69, 9.17) is 5.73 Å². The summed E-state index contributed by atoms with van der Waals surface area (Å²) in [4.78, 5) is 10.4.